The van der Waals surface area contributed by atoms with Crippen molar-refractivity contribution in [2.45, 2.75) is 12.7 Å². The highest BCUT2D eigenvalue weighted by molar-refractivity contribution is 6.31. The largest absolute Gasteiger partial charge is 0.457 e. The van der Waals surface area contributed by atoms with Crippen LogP contribution < -0.4 is 15.4 Å². The van der Waals surface area contributed by atoms with Gasteiger partial charge in [0.05, 0.1) is 46.7 Å². The van der Waals surface area contributed by atoms with Crippen LogP contribution in [0.5, 0.6) is 11.5 Å². The van der Waals surface area contributed by atoms with Crippen LogP contribution in [0, 0.1) is 0 Å². The highest BCUT2D eigenvalue weighted by Gasteiger charge is 2.33. The fourth-order valence-electron chi connectivity index (χ4n) is 4.04. The van der Waals surface area contributed by atoms with Crippen LogP contribution in [-0.2, 0) is 17.5 Å². The van der Waals surface area contributed by atoms with Gasteiger partial charge in [-0.2, -0.15) is 13.2 Å². The first-order chi connectivity index (χ1) is 18.7. The van der Waals surface area contributed by atoms with E-state index in [0.717, 1.165) is 36.4 Å². The molecule has 0 saturated carbocycles. The van der Waals surface area contributed by atoms with Crippen molar-refractivity contribution < 1.29 is 27.4 Å². The fraction of sp³-hybridized carbons (Fsp3) is 0.222. The minimum atomic E-state index is -4.64. The number of morpholine rings is 1. The fourth-order valence-corrected chi connectivity index (χ4v) is 4.27. The molecule has 0 atom stereocenters. The number of ether oxygens (including phenoxy) is 2. The number of carbonyl (C=O) groups is 1. The van der Waals surface area contributed by atoms with E-state index in [2.05, 4.69) is 20.5 Å². The zero-order chi connectivity index (χ0) is 27.4. The molecule has 1 aromatic heterocycles. The molecule has 0 unspecified atom stereocenters. The van der Waals surface area contributed by atoms with Gasteiger partial charge < -0.3 is 20.1 Å². The predicted octanol–water partition coefficient (Wildman–Crippen LogP) is 6.57. The summed E-state index contributed by atoms with van der Waals surface area (Å²) >= 11 is 5.63. The van der Waals surface area contributed by atoms with Crippen LogP contribution in [0.4, 0.5) is 29.3 Å². The van der Waals surface area contributed by atoms with E-state index in [-0.39, 0.29) is 5.69 Å². The first kappa shape index (κ1) is 26.7. The molecule has 5 rings (SSSR count). The van der Waals surface area contributed by atoms with E-state index in [4.69, 9.17) is 26.1 Å². The molecule has 0 bridgehead atoms. The van der Waals surface area contributed by atoms with Crippen molar-refractivity contribution in [2.24, 2.45) is 0 Å². The Hall–Kier alpha value is -3.93. The van der Waals surface area contributed by atoms with E-state index in [1.54, 1.807) is 42.6 Å². The number of amides is 2. The lowest BCUT2D eigenvalue weighted by Crippen LogP contribution is -2.35. The lowest BCUT2D eigenvalue weighted by molar-refractivity contribution is -0.137. The predicted molar refractivity (Wildman–Crippen MR) is 141 cm³/mol. The number of rotatable bonds is 6. The summed E-state index contributed by atoms with van der Waals surface area (Å²) in [7, 11) is 0. The van der Waals surface area contributed by atoms with Crippen LogP contribution in [0.3, 0.4) is 0 Å². The van der Waals surface area contributed by atoms with E-state index in [9.17, 15) is 18.0 Å². The van der Waals surface area contributed by atoms with Gasteiger partial charge in [-0.25, -0.2) is 9.78 Å². The summed E-state index contributed by atoms with van der Waals surface area (Å²) in [5.74, 6) is 0.971. The number of nitrogens with one attached hydrogen (secondary N) is 2. The van der Waals surface area contributed by atoms with Crippen molar-refractivity contribution >= 4 is 40.0 Å². The van der Waals surface area contributed by atoms with Gasteiger partial charge in [-0.3, -0.25) is 9.88 Å². The molecular formula is C27H23ClF3N5O3. The molecular weight excluding hydrogens is 535 g/mol. The zero-order valence-corrected chi connectivity index (χ0v) is 21.2. The maximum atomic E-state index is 13.1. The van der Waals surface area contributed by atoms with Crippen LogP contribution in [0.1, 0.15) is 11.3 Å². The second kappa shape index (κ2) is 11.4. The second-order valence-electron chi connectivity index (χ2n) is 8.80. The number of carbonyl (C=O) groups excluding carboxylic acids is 1. The maximum absolute atomic E-state index is 13.1. The van der Waals surface area contributed by atoms with Crippen LogP contribution in [-0.4, -0.2) is 47.2 Å². The Balaban J connectivity index is 1.25. The molecule has 0 spiro atoms. The summed E-state index contributed by atoms with van der Waals surface area (Å²) in [5.41, 5.74) is 1.56. The molecule has 2 amide bonds. The second-order valence-corrected chi connectivity index (χ2v) is 9.21. The third-order valence-corrected chi connectivity index (χ3v) is 6.24. The minimum absolute atomic E-state index is 0.0538. The first-order valence-electron chi connectivity index (χ1n) is 12.0. The summed E-state index contributed by atoms with van der Waals surface area (Å²) in [6.07, 6.45) is -2.87. The molecule has 0 radical (unpaired) electrons. The molecule has 1 saturated heterocycles. The number of anilines is 2. The van der Waals surface area contributed by atoms with Crippen molar-refractivity contribution in [2.75, 3.05) is 36.9 Å². The van der Waals surface area contributed by atoms with E-state index in [1.807, 2.05) is 6.07 Å². The Morgan fingerprint density at radius 1 is 0.974 bits per heavy atom. The van der Waals surface area contributed by atoms with Gasteiger partial charge in [0.2, 0.25) is 0 Å². The van der Waals surface area contributed by atoms with E-state index >= 15 is 0 Å². The Morgan fingerprint density at radius 2 is 1.72 bits per heavy atom. The maximum Gasteiger partial charge on any atom is 0.417 e. The molecule has 3 aromatic carbocycles. The van der Waals surface area contributed by atoms with Crippen LogP contribution >= 0.6 is 11.6 Å². The molecule has 2 heterocycles. The van der Waals surface area contributed by atoms with Crippen LogP contribution in [0.15, 0.2) is 66.9 Å². The number of halogens is 4. The monoisotopic (exact) mass is 557 g/mol. The van der Waals surface area contributed by atoms with Gasteiger partial charge >= 0.3 is 12.2 Å². The van der Waals surface area contributed by atoms with Gasteiger partial charge in [0.1, 0.15) is 11.5 Å². The quantitative estimate of drug-likeness (QED) is 0.279. The van der Waals surface area contributed by atoms with Gasteiger partial charge in [0.25, 0.3) is 0 Å². The van der Waals surface area contributed by atoms with Gasteiger partial charge in [-0.15, -0.1) is 0 Å². The summed E-state index contributed by atoms with van der Waals surface area (Å²) in [4.78, 5) is 23.9. The third kappa shape index (κ3) is 6.94. The van der Waals surface area contributed by atoms with Gasteiger partial charge in [0, 0.05) is 43.1 Å². The van der Waals surface area contributed by atoms with Gasteiger partial charge in [-0.05, 0) is 42.5 Å². The number of urea groups is 1. The molecule has 1 fully saturated rings. The summed E-state index contributed by atoms with van der Waals surface area (Å²) in [6.45, 7) is 3.78. The van der Waals surface area contributed by atoms with E-state index in [0.29, 0.717) is 42.5 Å². The summed E-state index contributed by atoms with van der Waals surface area (Å²) < 4.78 is 50.7. The number of nitrogens with zero attached hydrogens (tertiary/aromatic N) is 3. The molecule has 1 aliphatic rings. The molecule has 202 valence electrons. The Bertz CT molecular complexity index is 1500. The van der Waals surface area contributed by atoms with Crippen molar-refractivity contribution in [1.82, 2.24) is 14.9 Å². The normalized spacial score (nSPS) is 14.3. The lowest BCUT2D eigenvalue weighted by Gasteiger charge is -2.26. The van der Waals surface area contributed by atoms with E-state index < -0.39 is 22.8 Å². The standard InChI is InChI=1S/C27H23ClF3N5O3/c28-23-6-4-18(13-22(23)27(29,30)31)35-26(37)34-17-2-1-3-20(12-17)39-21-5-7-24-25(14-21)33-19(15-32-24)16-36-8-10-38-11-9-36/h1-7,12-15H,8-11,16H2,(H2,34,35,37). The Morgan fingerprint density at radius 3 is 2.49 bits per heavy atom. The Kier molecular flexibility index (Phi) is 7.82. The summed E-state index contributed by atoms with van der Waals surface area (Å²) in [6, 6.07) is 14.4. The third-order valence-electron chi connectivity index (χ3n) is 5.91. The zero-order valence-electron chi connectivity index (χ0n) is 20.5. The number of fused-ring (bicyclic) bond motifs is 1. The van der Waals surface area contributed by atoms with Crippen LogP contribution in [0.2, 0.25) is 5.02 Å². The minimum Gasteiger partial charge on any atom is -0.457 e. The first-order valence-corrected chi connectivity index (χ1v) is 12.4. The number of hydrogen-bond donors (Lipinski definition) is 2. The molecule has 4 aromatic rings. The number of hydrogen-bond acceptors (Lipinski definition) is 6. The Labute approximate surface area is 226 Å². The molecule has 39 heavy (non-hydrogen) atoms. The van der Waals surface area contributed by atoms with Crippen molar-refractivity contribution in [3.63, 3.8) is 0 Å². The summed E-state index contributed by atoms with van der Waals surface area (Å²) in [5, 5.41) is 4.51. The molecule has 0 aliphatic carbocycles. The average molecular weight is 558 g/mol. The van der Waals surface area contributed by atoms with Crippen molar-refractivity contribution in [3.05, 3.63) is 83.1 Å². The number of benzene rings is 3. The van der Waals surface area contributed by atoms with Gasteiger partial charge in [0.15, 0.2) is 0 Å². The van der Waals surface area contributed by atoms with E-state index in [1.165, 1.54) is 6.07 Å². The molecule has 1 aliphatic heterocycles. The topological polar surface area (TPSA) is 88.6 Å². The number of aromatic nitrogens is 2. The number of alkyl halides is 3. The van der Waals surface area contributed by atoms with Crippen molar-refractivity contribution in [3.8, 4) is 11.5 Å². The molecule has 8 nitrogen and oxygen atoms in total. The van der Waals surface area contributed by atoms with Crippen molar-refractivity contribution in [1.29, 1.82) is 0 Å². The SMILES string of the molecule is O=C(Nc1cccc(Oc2ccc3ncc(CN4CCOCC4)nc3c2)c1)Nc1ccc(Cl)c(C(F)(F)F)c1. The highest BCUT2D eigenvalue weighted by Crippen LogP contribution is 2.36. The highest BCUT2D eigenvalue weighted by atomic mass is 35.5. The molecule has 2 N–H and O–H groups in total. The van der Waals surface area contributed by atoms with Gasteiger partial charge in [-0.1, -0.05) is 17.7 Å². The molecule has 12 heteroatoms. The average Bonchev–Trinajstić information content (AvgIpc) is 2.90. The smallest absolute Gasteiger partial charge is 0.417 e. The lowest BCUT2D eigenvalue weighted by atomic mass is 10.2. The van der Waals surface area contributed by atoms with Crippen LogP contribution in [0.25, 0.3) is 11.0 Å².